The zero-order valence-corrected chi connectivity index (χ0v) is 9.81. The van der Waals surface area contributed by atoms with E-state index in [2.05, 4.69) is 5.32 Å². The van der Waals surface area contributed by atoms with Gasteiger partial charge in [-0.3, -0.25) is 0 Å². The van der Waals surface area contributed by atoms with Gasteiger partial charge in [0.2, 0.25) is 0 Å². The molecule has 0 aromatic heterocycles. The summed E-state index contributed by atoms with van der Waals surface area (Å²) in [5.41, 5.74) is 8.72. The van der Waals surface area contributed by atoms with Gasteiger partial charge in [-0.15, -0.1) is 0 Å². The minimum absolute atomic E-state index is 0.569. The molecule has 2 aromatic rings. The molecule has 0 radical (unpaired) electrons. The summed E-state index contributed by atoms with van der Waals surface area (Å²) < 4.78 is 5.17. The van der Waals surface area contributed by atoms with Crippen molar-refractivity contribution >= 4 is 11.4 Å². The highest BCUT2D eigenvalue weighted by molar-refractivity contribution is 5.61. The van der Waals surface area contributed by atoms with E-state index >= 15 is 0 Å². The Morgan fingerprint density at radius 3 is 2.47 bits per heavy atom. The predicted octanol–water partition coefficient (Wildman–Crippen LogP) is 2.90. The van der Waals surface area contributed by atoms with Crippen LogP contribution in [0.3, 0.4) is 0 Å². The van der Waals surface area contributed by atoms with Gasteiger partial charge in [0, 0.05) is 24.0 Å². The van der Waals surface area contributed by atoms with Gasteiger partial charge in [0.25, 0.3) is 0 Å². The fourth-order valence-electron chi connectivity index (χ4n) is 1.59. The molecule has 17 heavy (non-hydrogen) atoms. The molecule has 0 saturated carbocycles. The SMILES string of the molecule is COc1cccc(Nc2ccc(CN)cc2)c1. The number of nitrogens with one attached hydrogen (secondary N) is 1. The van der Waals surface area contributed by atoms with Crippen LogP contribution in [0.15, 0.2) is 48.5 Å². The molecule has 2 rings (SSSR count). The van der Waals surface area contributed by atoms with Crippen molar-refractivity contribution in [1.82, 2.24) is 0 Å². The summed E-state index contributed by atoms with van der Waals surface area (Å²) in [6.07, 6.45) is 0. The summed E-state index contributed by atoms with van der Waals surface area (Å²) >= 11 is 0. The largest absolute Gasteiger partial charge is 0.497 e. The van der Waals surface area contributed by atoms with E-state index in [-0.39, 0.29) is 0 Å². The van der Waals surface area contributed by atoms with Crippen molar-refractivity contribution in [2.45, 2.75) is 6.54 Å². The Hall–Kier alpha value is -2.00. The first-order valence-corrected chi connectivity index (χ1v) is 5.52. The Labute approximate surface area is 101 Å². The monoisotopic (exact) mass is 228 g/mol. The van der Waals surface area contributed by atoms with E-state index in [1.807, 2.05) is 48.5 Å². The molecular formula is C14H16N2O. The normalized spacial score (nSPS) is 10.0. The second kappa shape index (κ2) is 5.37. The van der Waals surface area contributed by atoms with Gasteiger partial charge < -0.3 is 15.8 Å². The summed E-state index contributed by atoms with van der Waals surface area (Å²) in [7, 11) is 1.66. The van der Waals surface area contributed by atoms with Crippen LogP contribution in [-0.2, 0) is 6.54 Å². The quantitative estimate of drug-likeness (QED) is 0.845. The number of hydrogen-bond acceptors (Lipinski definition) is 3. The van der Waals surface area contributed by atoms with E-state index in [9.17, 15) is 0 Å². The number of anilines is 2. The summed E-state index contributed by atoms with van der Waals surface area (Å²) in [5, 5.41) is 3.31. The first-order valence-electron chi connectivity index (χ1n) is 5.52. The maximum absolute atomic E-state index is 5.55. The Bertz CT molecular complexity index is 480. The lowest BCUT2D eigenvalue weighted by molar-refractivity contribution is 0.415. The van der Waals surface area contributed by atoms with Crippen molar-refractivity contribution in [3.8, 4) is 5.75 Å². The standard InChI is InChI=1S/C14H16N2O/c1-17-14-4-2-3-13(9-14)16-12-7-5-11(10-15)6-8-12/h2-9,16H,10,15H2,1H3. The molecule has 0 bridgehead atoms. The van der Waals surface area contributed by atoms with Crippen LogP contribution in [0.4, 0.5) is 11.4 Å². The lowest BCUT2D eigenvalue weighted by Crippen LogP contribution is -1.96. The average molecular weight is 228 g/mol. The Morgan fingerprint density at radius 2 is 1.82 bits per heavy atom. The van der Waals surface area contributed by atoms with E-state index in [0.717, 1.165) is 22.7 Å². The minimum Gasteiger partial charge on any atom is -0.497 e. The highest BCUT2D eigenvalue weighted by Gasteiger charge is 1.97. The number of nitrogens with two attached hydrogens (primary N) is 1. The molecule has 3 heteroatoms. The predicted molar refractivity (Wildman–Crippen MR) is 70.6 cm³/mol. The van der Waals surface area contributed by atoms with Crippen LogP contribution in [0.5, 0.6) is 5.75 Å². The van der Waals surface area contributed by atoms with Crippen LogP contribution in [0.2, 0.25) is 0 Å². The summed E-state index contributed by atoms with van der Waals surface area (Å²) in [6, 6.07) is 15.9. The molecule has 0 heterocycles. The number of rotatable bonds is 4. The molecule has 0 atom stereocenters. The van der Waals surface area contributed by atoms with Crippen molar-refractivity contribution in [2.75, 3.05) is 12.4 Å². The van der Waals surface area contributed by atoms with E-state index in [0.29, 0.717) is 6.54 Å². The smallest absolute Gasteiger partial charge is 0.120 e. The third kappa shape index (κ3) is 2.98. The first kappa shape index (κ1) is 11.5. The van der Waals surface area contributed by atoms with E-state index < -0.39 is 0 Å². The molecule has 0 fully saturated rings. The second-order valence-corrected chi connectivity index (χ2v) is 3.76. The zero-order valence-electron chi connectivity index (χ0n) is 9.81. The number of ether oxygens (including phenoxy) is 1. The van der Waals surface area contributed by atoms with Crippen molar-refractivity contribution in [3.63, 3.8) is 0 Å². The summed E-state index contributed by atoms with van der Waals surface area (Å²) in [6.45, 7) is 0.569. The van der Waals surface area contributed by atoms with Crippen molar-refractivity contribution < 1.29 is 4.74 Å². The lowest BCUT2D eigenvalue weighted by atomic mass is 10.2. The third-order valence-corrected chi connectivity index (χ3v) is 2.55. The Morgan fingerprint density at radius 1 is 1.06 bits per heavy atom. The molecular weight excluding hydrogens is 212 g/mol. The van der Waals surface area contributed by atoms with Gasteiger partial charge in [0.15, 0.2) is 0 Å². The molecule has 0 unspecified atom stereocenters. The van der Waals surface area contributed by atoms with E-state index in [4.69, 9.17) is 10.5 Å². The number of benzene rings is 2. The molecule has 3 nitrogen and oxygen atoms in total. The van der Waals surface area contributed by atoms with Crippen LogP contribution >= 0.6 is 0 Å². The van der Waals surface area contributed by atoms with Crippen LogP contribution in [-0.4, -0.2) is 7.11 Å². The molecule has 0 aliphatic rings. The topological polar surface area (TPSA) is 47.3 Å². The Kier molecular flexibility index (Phi) is 3.62. The molecule has 0 amide bonds. The summed E-state index contributed by atoms with van der Waals surface area (Å²) in [4.78, 5) is 0. The van der Waals surface area contributed by atoms with Crippen molar-refractivity contribution in [1.29, 1.82) is 0 Å². The van der Waals surface area contributed by atoms with Crippen molar-refractivity contribution in [3.05, 3.63) is 54.1 Å². The third-order valence-electron chi connectivity index (χ3n) is 2.55. The van der Waals surface area contributed by atoms with Gasteiger partial charge in [0.1, 0.15) is 5.75 Å². The van der Waals surface area contributed by atoms with Gasteiger partial charge in [0.05, 0.1) is 7.11 Å². The zero-order chi connectivity index (χ0) is 12.1. The fraction of sp³-hybridized carbons (Fsp3) is 0.143. The lowest BCUT2D eigenvalue weighted by Gasteiger charge is -2.08. The molecule has 0 saturated heterocycles. The maximum Gasteiger partial charge on any atom is 0.120 e. The van der Waals surface area contributed by atoms with Crippen LogP contribution < -0.4 is 15.8 Å². The van der Waals surface area contributed by atoms with E-state index in [1.165, 1.54) is 0 Å². The molecule has 0 aliphatic carbocycles. The van der Waals surface area contributed by atoms with Crippen LogP contribution in [0.1, 0.15) is 5.56 Å². The highest BCUT2D eigenvalue weighted by atomic mass is 16.5. The van der Waals surface area contributed by atoms with Crippen molar-refractivity contribution in [2.24, 2.45) is 5.73 Å². The second-order valence-electron chi connectivity index (χ2n) is 3.76. The minimum atomic E-state index is 0.569. The van der Waals surface area contributed by atoms with Gasteiger partial charge in [-0.2, -0.15) is 0 Å². The van der Waals surface area contributed by atoms with E-state index in [1.54, 1.807) is 7.11 Å². The van der Waals surface area contributed by atoms with Crippen LogP contribution in [0.25, 0.3) is 0 Å². The Balaban J connectivity index is 2.13. The van der Waals surface area contributed by atoms with Gasteiger partial charge >= 0.3 is 0 Å². The fourth-order valence-corrected chi connectivity index (χ4v) is 1.59. The molecule has 3 N–H and O–H groups in total. The first-order chi connectivity index (χ1) is 8.31. The molecule has 0 aliphatic heterocycles. The summed E-state index contributed by atoms with van der Waals surface area (Å²) in [5.74, 6) is 0.841. The molecule has 88 valence electrons. The van der Waals surface area contributed by atoms with Gasteiger partial charge in [-0.25, -0.2) is 0 Å². The number of methoxy groups -OCH3 is 1. The highest BCUT2D eigenvalue weighted by Crippen LogP contribution is 2.21. The molecule has 0 spiro atoms. The van der Waals surface area contributed by atoms with Gasteiger partial charge in [-0.1, -0.05) is 18.2 Å². The maximum atomic E-state index is 5.55. The van der Waals surface area contributed by atoms with Gasteiger partial charge in [-0.05, 0) is 29.8 Å². The van der Waals surface area contributed by atoms with Crippen LogP contribution in [0, 0.1) is 0 Å². The number of hydrogen-bond donors (Lipinski definition) is 2. The average Bonchev–Trinajstić information content (AvgIpc) is 2.40. The molecule has 2 aromatic carbocycles.